The number of hydrogen-bond donors (Lipinski definition) is 1. The Kier molecular flexibility index (Phi) is 3.81. The van der Waals surface area contributed by atoms with Gasteiger partial charge in [-0.05, 0) is 17.7 Å². The molecule has 1 saturated heterocycles. The lowest BCUT2D eigenvalue weighted by molar-refractivity contribution is -0.129. The molecule has 0 aliphatic carbocycles. The molecule has 3 amide bonds. The first kappa shape index (κ1) is 15.5. The number of rotatable bonds is 3. The van der Waals surface area contributed by atoms with Crippen LogP contribution in [0.3, 0.4) is 0 Å². The maximum Gasteiger partial charge on any atom is 0.255 e. The van der Waals surface area contributed by atoms with Gasteiger partial charge in [0.1, 0.15) is 12.6 Å². The van der Waals surface area contributed by atoms with Gasteiger partial charge in [0.05, 0.1) is 0 Å². The van der Waals surface area contributed by atoms with E-state index in [1.54, 1.807) is 32.3 Å². The van der Waals surface area contributed by atoms with Crippen LogP contribution in [-0.2, 0) is 16.1 Å². The molecule has 2 aliphatic rings. The molecule has 1 N–H and O–H groups in total. The van der Waals surface area contributed by atoms with Gasteiger partial charge in [-0.2, -0.15) is 0 Å². The number of nitrogens with zero attached hydrogens (tertiary/aromatic N) is 3. The van der Waals surface area contributed by atoms with Gasteiger partial charge in [0.15, 0.2) is 0 Å². The Labute approximate surface area is 134 Å². The van der Waals surface area contributed by atoms with E-state index in [-0.39, 0.29) is 24.3 Å². The zero-order valence-electron chi connectivity index (χ0n) is 13.2. The molecule has 0 aromatic heterocycles. The van der Waals surface area contributed by atoms with E-state index in [4.69, 9.17) is 0 Å². The van der Waals surface area contributed by atoms with Crippen LogP contribution < -0.4 is 4.90 Å². The summed E-state index contributed by atoms with van der Waals surface area (Å²) in [5.74, 6) is -0.677. The lowest BCUT2D eigenvalue weighted by atomic mass is 10.1. The number of likely N-dealkylation sites (N-methyl/N-ethyl adjacent to an activating group) is 1. The number of aliphatic hydroxyl groups excluding tert-OH is 1. The highest BCUT2D eigenvalue weighted by Gasteiger charge is 2.33. The molecule has 7 heteroatoms. The molecular formula is C16H19N3O4. The summed E-state index contributed by atoms with van der Waals surface area (Å²) >= 11 is 0. The second kappa shape index (κ2) is 5.66. The van der Waals surface area contributed by atoms with Crippen LogP contribution in [0.25, 0.3) is 0 Å². The predicted octanol–water partition coefficient (Wildman–Crippen LogP) is -0.172. The molecule has 1 fully saturated rings. The Hall–Kier alpha value is -2.41. The minimum absolute atomic E-state index is 0.0389. The highest BCUT2D eigenvalue weighted by atomic mass is 16.3. The normalized spacial score (nSPS) is 20.2. The van der Waals surface area contributed by atoms with Gasteiger partial charge in [-0.3, -0.25) is 14.4 Å². The van der Waals surface area contributed by atoms with Crippen molar-refractivity contribution in [3.05, 3.63) is 29.3 Å². The molecule has 3 rings (SSSR count). The molecule has 23 heavy (non-hydrogen) atoms. The number of benzene rings is 1. The van der Waals surface area contributed by atoms with Crippen LogP contribution in [-0.4, -0.2) is 65.9 Å². The molecule has 0 radical (unpaired) electrons. The predicted molar refractivity (Wildman–Crippen MR) is 82.9 cm³/mol. The summed E-state index contributed by atoms with van der Waals surface area (Å²) in [7, 11) is 3.30. The summed E-state index contributed by atoms with van der Waals surface area (Å²) < 4.78 is 0. The molecule has 2 heterocycles. The molecule has 0 spiro atoms. The molecule has 122 valence electrons. The Morgan fingerprint density at radius 3 is 2.70 bits per heavy atom. The summed E-state index contributed by atoms with van der Waals surface area (Å²) in [5, 5.41) is 9.56. The van der Waals surface area contributed by atoms with Crippen molar-refractivity contribution in [3.8, 4) is 0 Å². The molecule has 7 nitrogen and oxygen atoms in total. The smallest absolute Gasteiger partial charge is 0.255 e. The zero-order chi connectivity index (χ0) is 16.7. The summed E-state index contributed by atoms with van der Waals surface area (Å²) in [6, 6.07) is 5.26. The number of aliphatic hydroxyl groups is 1. The number of fused-ring (bicyclic) bond motifs is 1. The topological polar surface area (TPSA) is 81.2 Å². The average molecular weight is 317 g/mol. The van der Waals surface area contributed by atoms with Crippen LogP contribution in [0.2, 0.25) is 0 Å². The van der Waals surface area contributed by atoms with Crippen LogP contribution in [0.15, 0.2) is 18.2 Å². The third-order valence-electron chi connectivity index (χ3n) is 4.29. The third-order valence-corrected chi connectivity index (χ3v) is 4.29. The SMILES string of the molecule is CN(C)C(=O)CN1Cc2ccc(N3CC[C@H](O)C3=O)cc2C1=O. The molecule has 0 unspecified atom stereocenters. The van der Waals surface area contributed by atoms with Gasteiger partial charge >= 0.3 is 0 Å². The van der Waals surface area contributed by atoms with Crippen molar-refractivity contribution in [2.45, 2.75) is 19.1 Å². The highest BCUT2D eigenvalue weighted by Crippen LogP contribution is 2.29. The van der Waals surface area contributed by atoms with E-state index >= 15 is 0 Å². The van der Waals surface area contributed by atoms with Gasteiger partial charge in [-0.1, -0.05) is 6.07 Å². The second-order valence-corrected chi connectivity index (χ2v) is 6.09. The summed E-state index contributed by atoms with van der Waals surface area (Å²) in [4.78, 5) is 40.6. The Balaban J connectivity index is 1.81. The molecule has 1 atom stereocenters. The van der Waals surface area contributed by atoms with Crippen LogP contribution in [0.5, 0.6) is 0 Å². The summed E-state index contributed by atoms with van der Waals surface area (Å²) in [6.45, 7) is 0.873. The van der Waals surface area contributed by atoms with Crippen molar-refractivity contribution >= 4 is 23.4 Å². The largest absolute Gasteiger partial charge is 0.383 e. The van der Waals surface area contributed by atoms with Crippen LogP contribution in [0.4, 0.5) is 5.69 Å². The Bertz CT molecular complexity index is 686. The number of carbonyl (C=O) groups excluding carboxylic acids is 3. The molecule has 0 saturated carbocycles. The van der Waals surface area contributed by atoms with Crippen molar-refractivity contribution in [2.24, 2.45) is 0 Å². The fraction of sp³-hybridized carbons (Fsp3) is 0.438. The lowest BCUT2D eigenvalue weighted by Gasteiger charge is -2.18. The fourth-order valence-corrected chi connectivity index (χ4v) is 2.87. The van der Waals surface area contributed by atoms with E-state index < -0.39 is 6.10 Å². The third kappa shape index (κ3) is 2.68. The quantitative estimate of drug-likeness (QED) is 0.839. The minimum Gasteiger partial charge on any atom is -0.383 e. The van der Waals surface area contributed by atoms with Crippen LogP contribution in [0.1, 0.15) is 22.3 Å². The molecule has 1 aromatic rings. The van der Waals surface area contributed by atoms with Crippen molar-refractivity contribution in [1.29, 1.82) is 0 Å². The van der Waals surface area contributed by atoms with Crippen LogP contribution in [0, 0.1) is 0 Å². The van der Waals surface area contributed by atoms with E-state index in [0.29, 0.717) is 30.8 Å². The molecule has 2 aliphatic heterocycles. The van der Waals surface area contributed by atoms with Gasteiger partial charge in [-0.25, -0.2) is 0 Å². The fourth-order valence-electron chi connectivity index (χ4n) is 2.87. The highest BCUT2D eigenvalue weighted by molar-refractivity contribution is 6.03. The molecule has 1 aromatic carbocycles. The van der Waals surface area contributed by atoms with Gasteiger partial charge in [0.25, 0.3) is 11.8 Å². The van der Waals surface area contributed by atoms with E-state index in [1.807, 2.05) is 0 Å². The molecule has 0 bridgehead atoms. The number of amides is 3. The maximum atomic E-state index is 12.5. The zero-order valence-corrected chi connectivity index (χ0v) is 13.2. The number of carbonyl (C=O) groups is 3. The monoisotopic (exact) mass is 317 g/mol. The van der Waals surface area contributed by atoms with E-state index in [0.717, 1.165) is 5.56 Å². The standard InChI is InChI=1S/C16H19N3O4/c1-17(2)14(21)9-18-8-10-3-4-11(7-12(10)15(18)22)19-6-5-13(20)16(19)23/h3-4,7,13,20H,5-6,8-9H2,1-2H3/t13-/m0/s1. The van der Waals surface area contributed by atoms with Crippen molar-refractivity contribution in [3.63, 3.8) is 0 Å². The summed E-state index contributed by atoms with van der Waals surface area (Å²) in [6.07, 6.45) is -0.569. The average Bonchev–Trinajstić information content (AvgIpc) is 3.00. The van der Waals surface area contributed by atoms with Gasteiger partial charge in [0, 0.05) is 44.9 Å². The van der Waals surface area contributed by atoms with Crippen molar-refractivity contribution < 1.29 is 19.5 Å². The van der Waals surface area contributed by atoms with Crippen molar-refractivity contribution in [2.75, 3.05) is 32.1 Å². The van der Waals surface area contributed by atoms with E-state index in [2.05, 4.69) is 0 Å². The van der Waals surface area contributed by atoms with Gasteiger partial charge in [-0.15, -0.1) is 0 Å². The van der Waals surface area contributed by atoms with E-state index in [1.165, 1.54) is 14.7 Å². The molecular weight excluding hydrogens is 298 g/mol. The maximum absolute atomic E-state index is 12.5. The van der Waals surface area contributed by atoms with Crippen LogP contribution >= 0.6 is 0 Å². The first-order valence-corrected chi connectivity index (χ1v) is 7.50. The van der Waals surface area contributed by atoms with Gasteiger partial charge < -0.3 is 19.8 Å². The summed E-state index contributed by atoms with van der Waals surface area (Å²) in [5.41, 5.74) is 1.97. The van der Waals surface area contributed by atoms with Gasteiger partial charge in [0.2, 0.25) is 5.91 Å². The second-order valence-electron chi connectivity index (χ2n) is 6.09. The lowest BCUT2D eigenvalue weighted by Crippen LogP contribution is -2.36. The van der Waals surface area contributed by atoms with E-state index in [9.17, 15) is 19.5 Å². The van der Waals surface area contributed by atoms with Crippen molar-refractivity contribution in [1.82, 2.24) is 9.80 Å². The Morgan fingerprint density at radius 2 is 2.09 bits per heavy atom. The minimum atomic E-state index is -0.965. The first-order valence-electron chi connectivity index (χ1n) is 7.50. The first-order chi connectivity index (χ1) is 10.9. The number of anilines is 1. The number of hydrogen-bond acceptors (Lipinski definition) is 4. The Morgan fingerprint density at radius 1 is 1.35 bits per heavy atom.